The van der Waals surface area contributed by atoms with Crippen molar-refractivity contribution < 1.29 is 5.11 Å². The van der Waals surface area contributed by atoms with Crippen LogP contribution in [0.4, 0.5) is 5.95 Å². The minimum atomic E-state index is 0.173. The summed E-state index contributed by atoms with van der Waals surface area (Å²) in [6, 6.07) is 0. The highest BCUT2D eigenvalue weighted by Gasteiger charge is 2.07. The van der Waals surface area contributed by atoms with Gasteiger partial charge in [0.25, 0.3) is 0 Å². The Morgan fingerprint density at radius 2 is 2.26 bits per heavy atom. The highest BCUT2D eigenvalue weighted by Crippen LogP contribution is 2.16. The summed E-state index contributed by atoms with van der Waals surface area (Å²) >= 11 is 1.50. The molecule has 0 spiro atoms. The van der Waals surface area contributed by atoms with Crippen molar-refractivity contribution in [1.82, 2.24) is 24.5 Å². The number of aliphatic hydroxyl groups is 1. The Morgan fingerprint density at radius 1 is 1.37 bits per heavy atom. The molecule has 2 rings (SSSR count). The van der Waals surface area contributed by atoms with E-state index in [9.17, 15) is 0 Å². The number of nitrogens with one attached hydrogen (secondary N) is 1. The van der Waals surface area contributed by atoms with E-state index >= 15 is 0 Å². The summed E-state index contributed by atoms with van der Waals surface area (Å²) in [6.07, 6.45) is 5.82. The number of aliphatic hydroxyl groups excluding tert-OH is 1. The van der Waals surface area contributed by atoms with Gasteiger partial charge >= 0.3 is 0 Å². The van der Waals surface area contributed by atoms with Crippen molar-refractivity contribution in [2.24, 2.45) is 0 Å². The molecule has 2 N–H and O–H groups in total. The van der Waals surface area contributed by atoms with Gasteiger partial charge in [-0.15, -0.1) is 0 Å². The first-order valence-electron chi connectivity index (χ1n) is 6.05. The predicted octanol–water partition coefficient (Wildman–Crippen LogP) is 0.964. The number of rotatable bonds is 7. The van der Waals surface area contributed by atoms with Crippen LogP contribution in [0.1, 0.15) is 13.3 Å². The second-order valence-electron chi connectivity index (χ2n) is 3.67. The zero-order valence-electron chi connectivity index (χ0n) is 10.7. The van der Waals surface area contributed by atoms with Crippen LogP contribution >= 0.6 is 11.8 Å². The molecule has 0 atom stereocenters. The van der Waals surface area contributed by atoms with Gasteiger partial charge in [0, 0.05) is 31.3 Å². The quantitative estimate of drug-likeness (QED) is 0.577. The fourth-order valence-electron chi connectivity index (χ4n) is 1.37. The van der Waals surface area contributed by atoms with Crippen LogP contribution in [0.3, 0.4) is 0 Å². The van der Waals surface area contributed by atoms with Gasteiger partial charge in [-0.25, -0.2) is 4.98 Å². The molecular weight excluding hydrogens is 264 g/mol. The van der Waals surface area contributed by atoms with E-state index in [0.717, 1.165) is 12.3 Å². The van der Waals surface area contributed by atoms with Gasteiger partial charge in [-0.2, -0.15) is 15.0 Å². The third kappa shape index (κ3) is 3.90. The van der Waals surface area contributed by atoms with Crippen molar-refractivity contribution in [3.63, 3.8) is 0 Å². The maximum atomic E-state index is 8.80. The molecule has 2 aromatic rings. The zero-order chi connectivity index (χ0) is 13.5. The van der Waals surface area contributed by atoms with Crippen molar-refractivity contribution in [3.05, 3.63) is 18.7 Å². The van der Waals surface area contributed by atoms with Crippen LogP contribution < -0.4 is 5.32 Å². The molecule has 7 nitrogen and oxygen atoms in total. The molecule has 0 bridgehead atoms. The van der Waals surface area contributed by atoms with Crippen LogP contribution in [0, 0.1) is 0 Å². The van der Waals surface area contributed by atoms with Crippen molar-refractivity contribution in [1.29, 1.82) is 0 Å². The number of anilines is 1. The summed E-state index contributed by atoms with van der Waals surface area (Å²) < 4.78 is 1.73. The SMILES string of the molecule is CCNc1nc(SCCCO)nc(-n2ccnc2)n1. The molecule has 0 unspecified atom stereocenters. The maximum absolute atomic E-state index is 8.80. The lowest BCUT2D eigenvalue weighted by molar-refractivity contribution is 0.296. The standard InChI is InChI=1S/C11H16N6OS/c1-2-13-9-14-10(17-5-4-12-8-17)16-11(15-9)19-7-3-6-18/h4-5,8,18H,2-3,6-7H2,1H3,(H,13,14,15,16). The molecule has 0 aliphatic heterocycles. The molecule has 8 heteroatoms. The van der Waals surface area contributed by atoms with E-state index in [1.54, 1.807) is 23.3 Å². The van der Waals surface area contributed by atoms with Gasteiger partial charge in [-0.1, -0.05) is 11.8 Å². The van der Waals surface area contributed by atoms with E-state index in [4.69, 9.17) is 5.11 Å². The van der Waals surface area contributed by atoms with Crippen molar-refractivity contribution in [2.75, 3.05) is 24.2 Å². The summed E-state index contributed by atoms with van der Waals surface area (Å²) in [7, 11) is 0. The van der Waals surface area contributed by atoms with Crippen LogP contribution in [-0.2, 0) is 0 Å². The van der Waals surface area contributed by atoms with E-state index in [2.05, 4.69) is 25.3 Å². The van der Waals surface area contributed by atoms with Gasteiger partial charge < -0.3 is 10.4 Å². The molecule has 0 radical (unpaired) electrons. The van der Waals surface area contributed by atoms with Gasteiger partial charge in [0.1, 0.15) is 6.33 Å². The van der Waals surface area contributed by atoms with E-state index in [1.165, 1.54) is 11.8 Å². The summed E-state index contributed by atoms with van der Waals surface area (Å²) in [5.74, 6) is 1.86. The van der Waals surface area contributed by atoms with Crippen molar-refractivity contribution in [3.8, 4) is 5.95 Å². The molecule has 0 fully saturated rings. The maximum Gasteiger partial charge on any atom is 0.240 e. The van der Waals surface area contributed by atoms with Gasteiger partial charge in [-0.3, -0.25) is 4.57 Å². The minimum absolute atomic E-state index is 0.173. The Labute approximate surface area is 115 Å². The van der Waals surface area contributed by atoms with E-state index in [-0.39, 0.29) is 6.61 Å². The highest BCUT2D eigenvalue weighted by molar-refractivity contribution is 7.99. The Bertz CT molecular complexity index is 504. The summed E-state index contributed by atoms with van der Waals surface area (Å²) in [6.45, 7) is 2.90. The molecule has 0 aliphatic rings. The van der Waals surface area contributed by atoms with Crippen LogP contribution in [0.5, 0.6) is 0 Å². The molecule has 0 aliphatic carbocycles. The van der Waals surface area contributed by atoms with Gasteiger partial charge in [0.15, 0.2) is 5.16 Å². The van der Waals surface area contributed by atoms with E-state index in [1.807, 2.05) is 6.92 Å². The van der Waals surface area contributed by atoms with E-state index < -0.39 is 0 Å². The smallest absolute Gasteiger partial charge is 0.240 e. The number of aromatic nitrogens is 5. The molecule has 19 heavy (non-hydrogen) atoms. The molecule has 2 heterocycles. The number of thioether (sulfide) groups is 1. The van der Waals surface area contributed by atoms with Crippen LogP contribution in [0.2, 0.25) is 0 Å². The topological polar surface area (TPSA) is 88.8 Å². The predicted molar refractivity (Wildman–Crippen MR) is 73.5 cm³/mol. The molecule has 0 saturated heterocycles. The van der Waals surface area contributed by atoms with Crippen molar-refractivity contribution >= 4 is 17.7 Å². The molecule has 0 aromatic carbocycles. The van der Waals surface area contributed by atoms with Crippen molar-refractivity contribution in [2.45, 2.75) is 18.5 Å². The number of nitrogens with zero attached hydrogens (tertiary/aromatic N) is 5. The Hall–Kier alpha value is -1.67. The minimum Gasteiger partial charge on any atom is -0.396 e. The lowest BCUT2D eigenvalue weighted by atomic mass is 10.5. The third-order valence-electron chi connectivity index (χ3n) is 2.21. The van der Waals surface area contributed by atoms with Gasteiger partial charge in [0.05, 0.1) is 0 Å². The number of hydrogen-bond donors (Lipinski definition) is 2. The first kappa shape index (κ1) is 13.8. The third-order valence-corrected chi connectivity index (χ3v) is 3.14. The Morgan fingerprint density at radius 3 is 2.95 bits per heavy atom. The highest BCUT2D eigenvalue weighted by atomic mass is 32.2. The van der Waals surface area contributed by atoms with Gasteiger partial charge in [0.2, 0.25) is 11.9 Å². The fraction of sp³-hybridized carbons (Fsp3) is 0.455. The average molecular weight is 280 g/mol. The molecule has 2 aromatic heterocycles. The van der Waals surface area contributed by atoms with Crippen LogP contribution in [0.25, 0.3) is 5.95 Å². The molecule has 0 saturated carbocycles. The average Bonchev–Trinajstić information content (AvgIpc) is 2.93. The lowest BCUT2D eigenvalue weighted by Crippen LogP contribution is -2.09. The summed E-state index contributed by atoms with van der Waals surface area (Å²) in [5, 5.41) is 12.5. The monoisotopic (exact) mass is 280 g/mol. The second kappa shape index (κ2) is 7.05. The molecule has 0 amide bonds. The first-order valence-corrected chi connectivity index (χ1v) is 7.04. The van der Waals surface area contributed by atoms with Gasteiger partial charge in [-0.05, 0) is 13.3 Å². The second-order valence-corrected chi connectivity index (χ2v) is 4.73. The Kier molecular flexibility index (Phi) is 5.10. The first-order chi connectivity index (χ1) is 9.33. The fourth-order valence-corrected chi connectivity index (χ4v) is 2.12. The molecular formula is C11H16N6OS. The van der Waals surface area contributed by atoms with E-state index in [0.29, 0.717) is 23.5 Å². The summed E-state index contributed by atoms with van der Waals surface area (Å²) in [5.41, 5.74) is 0. The zero-order valence-corrected chi connectivity index (χ0v) is 11.5. The number of hydrogen-bond acceptors (Lipinski definition) is 7. The summed E-state index contributed by atoms with van der Waals surface area (Å²) in [4.78, 5) is 17.0. The number of imidazole rings is 1. The van der Waals surface area contributed by atoms with Crippen LogP contribution in [0.15, 0.2) is 23.9 Å². The normalized spacial score (nSPS) is 10.6. The largest absolute Gasteiger partial charge is 0.396 e. The molecule has 102 valence electrons. The Balaban J connectivity index is 2.22. The lowest BCUT2D eigenvalue weighted by Gasteiger charge is -2.07. The van der Waals surface area contributed by atoms with Crippen LogP contribution in [-0.4, -0.2) is 48.5 Å².